The Morgan fingerprint density at radius 1 is 1.22 bits per heavy atom. The molecule has 0 bridgehead atoms. The van der Waals surface area contributed by atoms with Crippen molar-refractivity contribution in [3.05, 3.63) is 45.2 Å². The predicted octanol–water partition coefficient (Wildman–Crippen LogP) is 7.77. The molecule has 0 N–H and O–H groups in total. The van der Waals surface area contributed by atoms with E-state index < -0.39 is 8.32 Å². The fourth-order valence-electron chi connectivity index (χ4n) is 6.23. The number of rotatable bonds is 14. The van der Waals surface area contributed by atoms with Gasteiger partial charge in [-0.3, -0.25) is 14.6 Å². The van der Waals surface area contributed by atoms with E-state index in [4.69, 9.17) is 34.2 Å². The summed E-state index contributed by atoms with van der Waals surface area (Å²) in [5.41, 5.74) is 6.66. The van der Waals surface area contributed by atoms with Crippen LogP contribution < -0.4 is 4.74 Å². The Bertz CT molecular complexity index is 1770. The summed E-state index contributed by atoms with van der Waals surface area (Å²) in [6, 6.07) is 2.08. The first-order valence-electron chi connectivity index (χ1n) is 17.5. The van der Waals surface area contributed by atoms with Gasteiger partial charge in [0.1, 0.15) is 6.10 Å². The molecule has 1 saturated heterocycles. The number of nitrogens with zero attached hydrogens (tertiary/aromatic N) is 8. The SMILES string of the molecule is C=Cc1nn(C2CCCCO2)c2cnc(-c3c(C)nn(C)c3O[C@@H](C)CN(C)Cc3c(I)c(CC)nn3CCO[Si](C)(C)C(C)(C)C)cc12. The molecule has 0 aliphatic carbocycles. The maximum Gasteiger partial charge on any atom is 0.221 e. The minimum absolute atomic E-state index is 0.0828. The summed E-state index contributed by atoms with van der Waals surface area (Å²) in [7, 11) is 2.23. The number of aromatic nitrogens is 7. The Morgan fingerprint density at radius 2 is 1.98 bits per heavy atom. The number of aryl methyl sites for hydroxylation is 3. The first-order valence-corrected chi connectivity index (χ1v) is 21.5. The normalized spacial score (nSPS) is 16.5. The van der Waals surface area contributed by atoms with Crippen LogP contribution in [0.2, 0.25) is 18.1 Å². The Kier molecular flexibility index (Phi) is 11.8. The third-order valence-corrected chi connectivity index (χ3v) is 15.7. The average molecular weight is 803 g/mol. The zero-order valence-electron chi connectivity index (χ0n) is 31.1. The van der Waals surface area contributed by atoms with Gasteiger partial charge in [0, 0.05) is 32.1 Å². The van der Waals surface area contributed by atoms with Gasteiger partial charge in [-0.15, -0.1) is 0 Å². The van der Waals surface area contributed by atoms with E-state index in [-0.39, 0.29) is 17.4 Å². The smallest absolute Gasteiger partial charge is 0.221 e. The molecule has 1 aliphatic heterocycles. The fraction of sp³-hybridized carbons (Fsp3) is 0.611. The van der Waals surface area contributed by atoms with Gasteiger partial charge in [-0.1, -0.05) is 34.3 Å². The summed E-state index contributed by atoms with van der Waals surface area (Å²) in [6.45, 7) is 25.4. The number of likely N-dealkylation sites (N-methyl/N-ethyl adjacent to an activating group) is 1. The lowest BCUT2D eigenvalue weighted by atomic mass is 10.1. The molecule has 13 heteroatoms. The van der Waals surface area contributed by atoms with Gasteiger partial charge in [0.15, 0.2) is 14.5 Å². The van der Waals surface area contributed by atoms with Crippen LogP contribution in [-0.2, 0) is 35.7 Å². The van der Waals surface area contributed by atoms with Crippen molar-refractivity contribution in [1.82, 2.24) is 39.2 Å². The summed E-state index contributed by atoms with van der Waals surface area (Å²) < 4.78 is 26.4. The molecule has 1 aliphatic rings. The Balaban J connectivity index is 1.31. The topological polar surface area (TPSA) is 97.3 Å². The van der Waals surface area contributed by atoms with Crippen molar-refractivity contribution in [2.24, 2.45) is 7.05 Å². The summed E-state index contributed by atoms with van der Waals surface area (Å²) in [5, 5.41) is 15.7. The van der Waals surface area contributed by atoms with Crippen LogP contribution in [-0.4, -0.2) is 80.5 Å². The number of hydrogen-bond acceptors (Lipinski definition) is 8. The van der Waals surface area contributed by atoms with E-state index in [2.05, 4.69) is 99.6 Å². The lowest BCUT2D eigenvalue weighted by molar-refractivity contribution is -0.0367. The molecule has 1 unspecified atom stereocenters. The van der Waals surface area contributed by atoms with Crippen LogP contribution in [0.5, 0.6) is 5.88 Å². The molecule has 2 atom stereocenters. The van der Waals surface area contributed by atoms with E-state index in [1.807, 2.05) is 29.5 Å². The molecule has 4 aromatic heterocycles. The highest BCUT2D eigenvalue weighted by Gasteiger charge is 2.37. The van der Waals surface area contributed by atoms with Crippen LogP contribution in [0, 0.1) is 10.5 Å². The van der Waals surface area contributed by atoms with Crippen molar-refractivity contribution >= 4 is 47.9 Å². The van der Waals surface area contributed by atoms with Crippen LogP contribution >= 0.6 is 22.6 Å². The first-order chi connectivity index (χ1) is 23.1. The van der Waals surface area contributed by atoms with Gasteiger partial charge >= 0.3 is 0 Å². The monoisotopic (exact) mass is 802 g/mol. The highest BCUT2D eigenvalue weighted by atomic mass is 127. The fourth-order valence-corrected chi connectivity index (χ4v) is 8.21. The lowest BCUT2D eigenvalue weighted by Gasteiger charge is -2.36. The quantitative estimate of drug-likeness (QED) is 0.0944. The van der Waals surface area contributed by atoms with Gasteiger partial charge in [-0.25, -0.2) is 9.36 Å². The van der Waals surface area contributed by atoms with Crippen LogP contribution in [0.15, 0.2) is 18.8 Å². The Labute approximate surface area is 306 Å². The van der Waals surface area contributed by atoms with Gasteiger partial charge in [0.05, 0.1) is 62.5 Å². The minimum atomic E-state index is -1.83. The Hall–Kier alpha value is -2.59. The van der Waals surface area contributed by atoms with E-state index in [1.54, 1.807) is 6.08 Å². The predicted molar refractivity (Wildman–Crippen MR) is 207 cm³/mol. The number of hydrogen-bond donors (Lipinski definition) is 0. The first kappa shape index (κ1) is 37.7. The van der Waals surface area contributed by atoms with Crippen molar-refractivity contribution in [3.8, 4) is 17.1 Å². The maximum atomic E-state index is 6.67. The van der Waals surface area contributed by atoms with Crippen LogP contribution in [0.1, 0.15) is 82.9 Å². The number of ether oxygens (including phenoxy) is 2. The molecular formula is C36H55IN8O3Si. The minimum Gasteiger partial charge on any atom is -0.473 e. The second kappa shape index (κ2) is 15.3. The third kappa shape index (κ3) is 8.16. The molecule has 0 amide bonds. The summed E-state index contributed by atoms with van der Waals surface area (Å²) >= 11 is 2.46. The zero-order valence-corrected chi connectivity index (χ0v) is 34.3. The summed E-state index contributed by atoms with van der Waals surface area (Å²) in [5.74, 6) is 0.698. The average Bonchev–Trinajstić information content (AvgIpc) is 3.66. The van der Waals surface area contributed by atoms with Crippen molar-refractivity contribution < 1.29 is 13.9 Å². The molecule has 4 aromatic rings. The largest absolute Gasteiger partial charge is 0.473 e. The molecule has 5 rings (SSSR count). The van der Waals surface area contributed by atoms with E-state index in [0.29, 0.717) is 19.0 Å². The molecule has 0 spiro atoms. The van der Waals surface area contributed by atoms with Gasteiger partial charge in [0.2, 0.25) is 5.88 Å². The van der Waals surface area contributed by atoms with Gasteiger partial charge in [-0.2, -0.15) is 15.3 Å². The standard InChI is InChI=1S/C36H55IN8O3Si/c1-12-27-26-20-29(38-21-30(26)45(41-27)32-16-14-15-18-46-32)33-25(4)39-43(9)35(33)48-24(3)22-42(8)23-31-34(37)28(13-2)40-44(31)17-19-47-49(10,11)36(5,6)7/h12,20-21,24,32H,1,13-19,22-23H2,2-11H3/t24-,32?/m0/s1. The highest BCUT2D eigenvalue weighted by Crippen LogP contribution is 2.37. The van der Waals surface area contributed by atoms with Gasteiger partial charge in [-0.05, 0) is 99.4 Å². The second-order valence-corrected chi connectivity index (χ2v) is 20.7. The molecule has 11 nitrogen and oxygen atoms in total. The van der Waals surface area contributed by atoms with E-state index in [0.717, 1.165) is 84.6 Å². The van der Waals surface area contributed by atoms with Crippen LogP contribution in [0.4, 0.5) is 0 Å². The van der Waals surface area contributed by atoms with E-state index >= 15 is 0 Å². The lowest BCUT2D eigenvalue weighted by Crippen LogP contribution is -2.41. The summed E-state index contributed by atoms with van der Waals surface area (Å²) in [4.78, 5) is 7.21. The molecule has 0 saturated carbocycles. The second-order valence-electron chi connectivity index (χ2n) is 14.8. The maximum absolute atomic E-state index is 6.67. The van der Waals surface area contributed by atoms with E-state index in [9.17, 15) is 0 Å². The third-order valence-electron chi connectivity index (χ3n) is 9.94. The van der Waals surface area contributed by atoms with Gasteiger partial charge < -0.3 is 13.9 Å². The summed E-state index contributed by atoms with van der Waals surface area (Å²) in [6.07, 6.45) is 7.54. The van der Waals surface area contributed by atoms with Crippen molar-refractivity contribution in [1.29, 1.82) is 0 Å². The number of pyridine rings is 1. The molecular weight excluding hydrogens is 747 g/mol. The molecule has 5 heterocycles. The van der Waals surface area contributed by atoms with Crippen molar-refractivity contribution in [3.63, 3.8) is 0 Å². The molecule has 0 aromatic carbocycles. The number of halogens is 1. The molecule has 268 valence electrons. The highest BCUT2D eigenvalue weighted by molar-refractivity contribution is 14.1. The zero-order chi connectivity index (χ0) is 35.7. The molecule has 1 fully saturated rings. The van der Waals surface area contributed by atoms with Crippen LogP contribution in [0.3, 0.4) is 0 Å². The van der Waals surface area contributed by atoms with E-state index in [1.165, 1.54) is 9.26 Å². The Morgan fingerprint density at radius 3 is 2.63 bits per heavy atom. The van der Waals surface area contributed by atoms with Crippen molar-refractivity contribution in [2.75, 3.05) is 26.8 Å². The van der Waals surface area contributed by atoms with Crippen molar-refractivity contribution in [2.45, 2.75) is 111 Å². The molecule has 0 radical (unpaired) electrons. The van der Waals surface area contributed by atoms with Crippen LogP contribution in [0.25, 0.3) is 28.2 Å². The van der Waals surface area contributed by atoms with Gasteiger partial charge in [0.25, 0.3) is 0 Å². The molecule has 49 heavy (non-hydrogen) atoms. The number of fused-ring (bicyclic) bond motifs is 1.